The maximum absolute atomic E-state index is 11.4. The minimum Gasteiger partial charge on any atom is -0.495 e. The maximum Gasteiger partial charge on any atom is 0.628 e. The van der Waals surface area contributed by atoms with Crippen molar-refractivity contribution in [1.29, 1.82) is 0 Å². The topological polar surface area (TPSA) is 55.8 Å². The van der Waals surface area contributed by atoms with Crippen molar-refractivity contribution in [3.63, 3.8) is 0 Å². The van der Waals surface area contributed by atoms with Gasteiger partial charge in [-0.2, -0.15) is 0 Å². The molecule has 0 aromatic rings. The minimum absolute atomic E-state index is 0.0576. The Morgan fingerprint density at radius 3 is 2.06 bits per heavy atom. The molecule has 0 bridgehead atoms. The van der Waals surface area contributed by atoms with Gasteiger partial charge in [0.1, 0.15) is 0 Å². The fourth-order valence-corrected chi connectivity index (χ4v) is 1.30. The van der Waals surface area contributed by atoms with Crippen molar-refractivity contribution in [1.82, 2.24) is 4.90 Å². The molecule has 6 heteroatoms. The third kappa shape index (κ3) is 5.54. The number of carbonyl (C=O) groups is 2. The Morgan fingerprint density at radius 2 is 1.65 bits per heavy atom. The molecule has 0 aromatic carbocycles. The lowest BCUT2D eigenvalue weighted by atomic mass is 9.84. The van der Waals surface area contributed by atoms with E-state index in [0.29, 0.717) is 0 Å². The molecule has 0 atom stereocenters. The van der Waals surface area contributed by atoms with Crippen molar-refractivity contribution < 1.29 is 18.9 Å². The van der Waals surface area contributed by atoms with Crippen LogP contribution in [0.1, 0.15) is 20.8 Å². The predicted octanol–water partition coefficient (Wildman–Crippen LogP) is 0.648. The Hall–Kier alpha value is -1.30. The number of likely N-dealkylation sites (N-methyl/N-ethyl adjacent to an activating group) is 1. The molecule has 0 radical (unpaired) electrons. The third-order valence-electron chi connectivity index (χ3n) is 2.05. The molecule has 1 aliphatic rings. The van der Waals surface area contributed by atoms with E-state index in [1.165, 1.54) is 0 Å². The standard InChI is InChI=1S/C11H18BNO4/c1-11(2,3)5-6-12-16-9(14)7-13(4)8-10(15)17-12/h5-6H,7-8H2,1-4H3/b6-5+. The van der Waals surface area contributed by atoms with Gasteiger partial charge in [-0.3, -0.25) is 14.5 Å². The number of carbonyl (C=O) groups excluding carboxylic acids is 2. The van der Waals surface area contributed by atoms with Crippen molar-refractivity contribution in [3.8, 4) is 0 Å². The summed E-state index contributed by atoms with van der Waals surface area (Å²) in [4.78, 5) is 24.3. The molecule has 1 heterocycles. The summed E-state index contributed by atoms with van der Waals surface area (Å²) in [6, 6.07) is 0. The van der Waals surface area contributed by atoms with E-state index in [-0.39, 0.29) is 18.5 Å². The summed E-state index contributed by atoms with van der Waals surface area (Å²) in [6.45, 7) is 6.20. The zero-order valence-corrected chi connectivity index (χ0v) is 10.7. The number of hydrogen-bond donors (Lipinski definition) is 0. The van der Waals surface area contributed by atoms with Gasteiger partial charge in [-0.1, -0.05) is 26.8 Å². The molecule has 0 amide bonds. The van der Waals surface area contributed by atoms with Crippen LogP contribution in [0.15, 0.2) is 12.1 Å². The molecule has 0 saturated carbocycles. The van der Waals surface area contributed by atoms with Crippen molar-refractivity contribution in [3.05, 3.63) is 12.1 Å². The van der Waals surface area contributed by atoms with Gasteiger partial charge in [-0.25, -0.2) is 0 Å². The fourth-order valence-electron chi connectivity index (χ4n) is 1.30. The highest BCUT2D eigenvalue weighted by molar-refractivity contribution is 6.54. The molecular weight excluding hydrogens is 221 g/mol. The quantitative estimate of drug-likeness (QED) is 0.629. The van der Waals surface area contributed by atoms with Crippen LogP contribution >= 0.6 is 0 Å². The summed E-state index contributed by atoms with van der Waals surface area (Å²) < 4.78 is 10.0. The summed E-state index contributed by atoms with van der Waals surface area (Å²) >= 11 is 0. The lowest BCUT2D eigenvalue weighted by molar-refractivity contribution is -0.145. The van der Waals surface area contributed by atoms with Gasteiger partial charge in [0, 0.05) is 0 Å². The minimum atomic E-state index is -0.914. The van der Waals surface area contributed by atoms with Gasteiger partial charge in [-0.05, 0) is 18.4 Å². The molecule has 17 heavy (non-hydrogen) atoms. The van der Waals surface area contributed by atoms with E-state index in [4.69, 9.17) is 9.31 Å². The van der Waals surface area contributed by atoms with E-state index < -0.39 is 19.1 Å². The first-order valence-corrected chi connectivity index (χ1v) is 5.53. The van der Waals surface area contributed by atoms with E-state index in [1.54, 1.807) is 17.9 Å². The largest absolute Gasteiger partial charge is 0.628 e. The van der Waals surface area contributed by atoms with Crippen LogP contribution in [0, 0.1) is 5.41 Å². The fraction of sp³-hybridized carbons (Fsp3) is 0.636. The third-order valence-corrected chi connectivity index (χ3v) is 2.05. The van der Waals surface area contributed by atoms with Crippen LogP contribution in [0.4, 0.5) is 0 Å². The normalized spacial score (nSPS) is 19.9. The van der Waals surface area contributed by atoms with E-state index in [2.05, 4.69) is 0 Å². The smallest absolute Gasteiger partial charge is 0.495 e. The molecular formula is C11H18BNO4. The highest BCUT2D eigenvalue weighted by Gasteiger charge is 2.29. The van der Waals surface area contributed by atoms with E-state index >= 15 is 0 Å². The Morgan fingerprint density at radius 1 is 1.18 bits per heavy atom. The Labute approximate surface area is 102 Å². The highest BCUT2D eigenvalue weighted by atomic mass is 16.6. The predicted molar refractivity (Wildman–Crippen MR) is 64.0 cm³/mol. The highest BCUT2D eigenvalue weighted by Crippen LogP contribution is 2.15. The molecule has 94 valence electrons. The first-order chi connectivity index (χ1) is 7.76. The first-order valence-electron chi connectivity index (χ1n) is 5.53. The van der Waals surface area contributed by atoms with Crippen LogP contribution in [0.5, 0.6) is 0 Å². The molecule has 1 rings (SSSR count). The lowest BCUT2D eigenvalue weighted by Gasteiger charge is -2.21. The van der Waals surface area contributed by atoms with Gasteiger partial charge in [0.2, 0.25) is 0 Å². The second-order valence-corrected chi connectivity index (χ2v) is 5.25. The summed E-state index contributed by atoms with van der Waals surface area (Å²) in [5.41, 5.74) is -0.0576. The zero-order chi connectivity index (χ0) is 13.1. The summed E-state index contributed by atoms with van der Waals surface area (Å²) in [5.74, 6) is 0.799. The van der Waals surface area contributed by atoms with Crippen molar-refractivity contribution in [2.45, 2.75) is 20.8 Å². The number of hydrogen-bond acceptors (Lipinski definition) is 5. The van der Waals surface area contributed by atoms with Crippen molar-refractivity contribution >= 4 is 19.1 Å². The van der Waals surface area contributed by atoms with Crippen LogP contribution in [0.3, 0.4) is 0 Å². The van der Waals surface area contributed by atoms with Gasteiger partial charge >= 0.3 is 19.1 Å². The summed E-state index contributed by atoms with van der Waals surface area (Å²) in [5, 5.41) is 0. The number of rotatable bonds is 1. The lowest BCUT2D eigenvalue weighted by Crippen LogP contribution is -2.41. The SMILES string of the molecule is CN1CC(=O)OB(/C=C/C(C)(C)C)OC(=O)C1. The average Bonchev–Trinajstić information content (AvgIpc) is 2.09. The van der Waals surface area contributed by atoms with Crippen LogP contribution in [0.2, 0.25) is 0 Å². The molecule has 0 aromatic heterocycles. The monoisotopic (exact) mass is 239 g/mol. The van der Waals surface area contributed by atoms with Gasteiger partial charge < -0.3 is 9.31 Å². The Balaban J connectivity index is 2.68. The number of nitrogens with zero attached hydrogens (tertiary/aromatic N) is 1. The van der Waals surface area contributed by atoms with Gasteiger partial charge in [-0.15, -0.1) is 0 Å². The summed E-state index contributed by atoms with van der Waals surface area (Å²) in [7, 11) is 0.747. The maximum atomic E-state index is 11.4. The van der Waals surface area contributed by atoms with Gasteiger partial charge in [0.25, 0.3) is 0 Å². The van der Waals surface area contributed by atoms with Gasteiger partial charge in [0.15, 0.2) is 0 Å². The zero-order valence-electron chi connectivity index (χ0n) is 10.7. The van der Waals surface area contributed by atoms with E-state index in [9.17, 15) is 9.59 Å². The van der Waals surface area contributed by atoms with E-state index in [1.807, 2.05) is 26.8 Å². The average molecular weight is 239 g/mol. The molecule has 1 aliphatic heterocycles. The first kappa shape index (κ1) is 13.8. The Bertz CT molecular complexity index is 315. The molecule has 1 saturated heterocycles. The molecule has 0 unspecified atom stereocenters. The van der Waals surface area contributed by atoms with Crippen molar-refractivity contribution in [2.75, 3.05) is 20.1 Å². The van der Waals surface area contributed by atoms with Crippen LogP contribution in [-0.4, -0.2) is 44.1 Å². The van der Waals surface area contributed by atoms with Crippen LogP contribution < -0.4 is 0 Å². The van der Waals surface area contributed by atoms with E-state index in [0.717, 1.165) is 0 Å². The van der Waals surface area contributed by atoms with Crippen molar-refractivity contribution in [2.24, 2.45) is 5.41 Å². The second-order valence-electron chi connectivity index (χ2n) is 5.25. The number of allylic oxidation sites excluding steroid dienone is 1. The molecule has 0 N–H and O–H groups in total. The molecule has 0 spiro atoms. The second kappa shape index (κ2) is 5.36. The van der Waals surface area contributed by atoms with Crippen LogP contribution in [-0.2, 0) is 18.9 Å². The van der Waals surface area contributed by atoms with Crippen LogP contribution in [0.25, 0.3) is 0 Å². The van der Waals surface area contributed by atoms with Gasteiger partial charge in [0.05, 0.1) is 13.1 Å². The summed E-state index contributed by atoms with van der Waals surface area (Å²) in [6.07, 6.45) is 1.85. The molecule has 1 fully saturated rings. The molecule has 5 nitrogen and oxygen atoms in total. The molecule has 0 aliphatic carbocycles. The Kier molecular flexibility index (Phi) is 4.34.